The molecule has 0 N–H and O–H groups in total. The summed E-state index contributed by atoms with van der Waals surface area (Å²) in [6.07, 6.45) is 0.826. The van der Waals surface area contributed by atoms with E-state index in [1.165, 1.54) is 5.56 Å². The molecule has 3 nitrogen and oxygen atoms in total. The van der Waals surface area contributed by atoms with Crippen LogP contribution >= 0.6 is 0 Å². The Bertz CT molecular complexity index is 587. The van der Waals surface area contributed by atoms with Crippen LogP contribution in [0, 0.1) is 11.3 Å². The molecule has 112 valence electrons. The molecule has 0 spiro atoms. The van der Waals surface area contributed by atoms with Gasteiger partial charge in [-0.3, -0.25) is 4.99 Å². The molecule has 3 heteroatoms. The van der Waals surface area contributed by atoms with Crippen LogP contribution in [0.5, 0.6) is 0 Å². The second-order valence-corrected chi connectivity index (χ2v) is 5.11. The van der Waals surface area contributed by atoms with Crippen LogP contribution in [0.1, 0.15) is 12.5 Å². The Labute approximate surface area is 132 Å². The molecule has 22 heavy (non-hydrogen) atoms. The molecule has 2 aromatic carbocycles. The zero-order valence-electron chi connectivity index (χ0n) is 12.9. The number of hydrogen-bond acceptors (Lipinski definition) is 3. The summed E-state index contributed by atoms with van der Waals surface area (Å²) < 4.78 is 0. The van der Waals surface area contributed by atoms with E-state index in [2.05, 4.69) is 28.1 Å². The molecule has 1 aliphatic heterocycles. The van der Waals surface area contributed by atoms with E-state index < -0.39 is 0 Å². The fourth-order valence-corrected chi connectivity index (χ4v) is 2.31. The second kappa shape index (κ2) is 8.63. The lowest BCUT2D eigenvalue weighted by molar-refractivity contribution is 0.413. The van der Waals surface area contributed by atoms with Crippen molar-refractivity contribution in [3.05, 3.63) is 72.3 Å². The van der Waals surface area contributed by atoms with Crippen molar-refractivity contribution in [1.29, 1.82) is 5.26 Å². The van der Waals surface area contributed by atoms with Crippen molar-refractivity contribution in [2.24, 2.45) is 4.99 Å². The van der Waals surface area contributed by atoms with Gasteiger partial charge in [0.05, 0.1) is 12.6 Å². The third-order valence-electron chi connectivity index (χ3n) is 3.49. The maximum absolute atomic E-state index is 8.93. The molecule has 1 unspecified atom stereocenters. The molecular formula is C19H21N3. The molecule has 1 aliphatic rings. The lowest BCUT2D eigenvalue weighted by atomic mass is 10.1. The third-order valence-corrected chi connectivity index (χ3v) is 3.49. The van der Waals surface area contributed by atoms with Gasteiger partial charge in [-0.2, -0.15) is 5.26 Å². The molecule has 0 amide bonds. The van der Waals surface area contributed by atoms with Gasteiger partial charge in [-0.1, -0.05) is 66.7 Å². The van der Waals surface area contributed by atoms with Gasteiger partial charge in [-0.15, -0.1) is 0 Å². The van der Waals surface area contributed by atoms with E-state index in [1.54, 1.807) is 0 Å². The summed E-state index contributed by atoms with van der Waals surface area (Å²) in [5, 5.41) is 8.93. The van der Waals surface area contributed by atoms with Crippen LogP contribution in [0.4, 0.5) is 0 Å². The van der Waals surface area contributed by atoms with Crippen LogP contribution in [-0.2, 0) is 6.42 Å². The molecule has 2 aromatic rings. The van der Waals surface area contributed by atoms with Crippen molar-refractivity contribution in [2.45, 2.75) is 19.4 Å². The van der Waals surface area contributed by atoms with E-state index >= 15 is 0 Å². The molecule has 0 saturated carbocycles. The molecule has 1 atom stereocenters. The van der Waals surface area contributed by atoms with Crippen molar-refractivity contribution in [3.63, 3.8) is 0 Å². The molecule has 3 rings (SSSR count). The highest BCUT2D eigenvalue weighted by molar-refractivity contribution is 5.86. The Morgan fingerprint density at radius 3 is 2.14 bits per heavy atom. The first-order valence-corrected chi connectivity index (χ1v) is 7.55. The fraction of sp³-hybridized carbons (Fsp3) is 0.263. The van der Waals surface area contributed by atoms with Crippen LogP contribution in [0.3, 0.4) is 0 Å². The largest absolute Gasteiger partial charge is 0.342 e. The minimum atomic E-state index is -0.0787. The Balaban J connectivity index is 0.000000246. The Morgan fingerprint density at radius 2 is 1.59 bits per heavy atom. The van der Waals surface area contributed by atoms with Gasteiger partial charge < -0.3 is 4.90 Å². The van der Waals surface area contributed by atoms with Crippen LogP contribution in [-0.4, -0.2) is 29.9 Å². The first-order chi connectivity index (χ1) is 10.8. The van der Waals surface area contributed by atoms with Crippen molar-refractivity contribution < 1.29 is 0 Å². The topological polar surface area (TPSA) is 39.4 Å². The molecule has 0 fully saturated rings. The number of nitrogens with zero attached hydrogens (tertiary/aromatic N) is 3. The number of nitriles is 1. The predicted octanol–water partition coefficient (Wildman–Crippen LogP) is 3.54. The maximum atomic E-state index is 8.93. The van der Waals surface area contributed by atoms with Gasteiger partial charge in [-0.05, 0) is 12.5 Å². The minimum Gasteiger partial charge on any atom is -0.342 e. The second-order valence-electron chi connectivity index (χ2n) is 5.11. The normalized spacial score (nSPS) is 14.4. The molecule has 0 radical (unpaired) electrons. The summed E-state index contributed by atoms with van der Waals surface area (Å²) in [6, 6.07) is 24.4. The van der Waals surface area contributed by atoms with Gasteiger partial charge in [0.2, 0.25) is 0 Å². The van der Waals surface area contributed by atoms with Crippen LogP contribution in [0.2, 0.25) is 0 Å². The SMILES string of the molecule is CC(C#N)N1CCN=C1Cc1ccccc1.c1ccccc1. The fourth-order valence-electron chi connectivity index (χ4n) is 2.31. The highest BCUT2D eigenvalue weighted by atomic mass is 15.3. The maximum Gasteiger partial charge on any atom is 0.115 e. The Hall–Kier alpha value is -2.60. The van der Waals surface area contributed by atoms with Crippen molar-refractivity contribution >= 4 is 5.84 Å². The Kier molecular flexibility index (Phi) is 6.19. The highest BCUT2D eigenvalue weighted by Crippen LogP contribution is 2.11. The van der Waals surface area contributed by atoms with E-state index in [1.807, 2.05) is 61.5 Å². The van der Waals surface area contributed by atoms with Gasteiger partial charge in [0.1, 0.15) is 11.9 Å². The lowest BCUT2D eigenvalue weighted by Gasteiger charge is -2.22. The van der Waals surface area contributed by atoms with E-state index in [0.717, 1.165) is 25.3 Å². The van der Waals surface area contributed by atoms with Crippen LogP contribution in [0.15, 0.2) is 71.7 Å². The highest BCUT2D eigenvalue weighted by Gasteiger charge is 2.21. The summed E-state index contributed by atoms with van der Waals surface area (Å²) in [5.74, 6) is 1.04. The van der Waals surface area contributed by atoms with Gasteiger partial charge >= 0.3 is 0 Å². The molecular weight excluding hydrogens is 270 g/mol. The Morgan fingerprint density at radius 1 is 1.05 bits per heavy atom. The number of amidine groups is 1. The van der Waals surface area contributed by atoms with E-state index in [4.69, 9.17) is 5.26 Å². The number of aliphatic imine (C=N–C) groups is 1. The summed E-state index contributed by atoms with van der Waals surface area (Å²) in [6.45, 7) is 3.61. The molecule has 0 aromatic heterocycles. The molecule has 0 bridgehead atoms. The van der Waals surface area contributed by atoms with Gasteiger partial charge in [0.25, 0.3) is 0 Å². The zero-order chi connectivity index (χ0) is 15.6. The summed E-state index contributed by atoms with van der Waals surface area (Å²) in [7, 11) is 0. The van der Waals surface area contributed by atoms with E-state index in [-0.39, 0.29) is 6.04 Å². The average Bonchev–Trinajstić information content (AvgIpc) is 3.05. The number of rotatable bonds is 3. The van der Waals surface area contributed by atoms with Crippen molar-refractivity contribution in [3.8, 4) is 6.07 Å². The minimum absolute atomic E-state index is 0.0787. The first-order valence-electron chi connectivity index (χ1n) is 7.55. The van der Waals surface area contributed by atoms with Gasteiger partial charge in [0, 0.05) is 13.0 Å². The quantitative estimate of drug-likeness (QED) is 0.867. The van der Waals surface area contributed by atoms with Gasteiger partial charge in [-0.25, -0.2) is 0 Å². The van der Waals surface area contributed by atoms with Crippen molar-refractivity contribution in [2.75, 3.05) is 13.1 Å². The molecule has 1 heterocycles. The van der Waals surface area contributed by atoms with E-state index in [0.29, 0.717) is 0 Å². The molecule has 0 aliphatic carbocycles. The van der Waals surface area contributed by atoms with Crippen LogP contribution < -0.4 is 0 Å². The standard InChI is InChI=1S/C13H15N3.C6H6/c1-11(10-14)16-8-7-15-13(16)9-12-5-3-2-4-6-12;1-2-4-6-5-3-1/h2-6,11H,7-9H2,1H3;1-6H. The number of hydrogen-bond donors (Lipinski definition) is 0. The monoisotopic (exact) mass is 291 g/mol. The average molecular weight is 291 g/mol. The summed E-state index contributed by atoms with van der Waals surface area (Å²) >= 11 is 0. The molecule has 0 saturated heterocycles. The predicted molar refractivity (Wildman–Crippen MR) is 90.7 cm³/mol. The third kappa shape index (κ3) is 4.75. The van der Waals surface area contributed by atoms with E-state index in [9.17, 15) is 0 Å². The van der Waals surface area contributed by atoms with Crippen LogP contribution in [0.25, 0.3) is 0 Å². The van der Waals surface area contributed by atoms with Crippen molar-refractivity contribution in [1.82, 2.24) is 4.90 Å². The number of benzene rings is 2. The summed E-state index contributed by atoms with van der Waals surface area (Å²) in [5.41, 5.74) is 1.25. The summed E-state index contributed by atoms with van der Waals surface area (Å²) in [4.78, 5) is 6.56. The first kappa shape index (κ1) is 15.8. The lowest BCUT2D eigenvalue weighted by Crippen LogP contribution is -2.36. The zero-order valence-corrected chi connectivity index (χ0v) is 12.9. The van der Waals surface area contributed by atoms with Gasteiger partial charge in [0.15, 0.2) is 0 Å². The smallest absolute Gasteiger partial charge is 0.115 e.